The Morgan fingerprint density at radius 1 is 1.29 bits per heavy atom. The maximum atomic E-state index is 14.2. The smallest absolute Gasteiger partial charge is 0.237 e. The van der Waals surface area contributed by atoms with E-state index in [1.54, 1.807) is 26.8 Å². The second-order valence-electron chi connectivity index (χ2n) is 6.23. The van der Waals surface area contributed by atoms with Crippen molar-refractivity contribution in [2.75, 3.05) is 0 Å². The first kappa shape index (κ1) is 19.9. The van der Waals surface area contributed by atoms with Gasteiger partial charge in [0.2, 0.25) is 6.43 Å². The van der Waals surface area contributed by atoms with Crippen LogP contribution in [0, 0.1) is 24.1 Å². The molecule has 0 aliphatic carbocycles. The fourth-order valence-electron chi connectivity index (χ4n) is 2.30. The summed E-state index contributed by atoms with van der Waals surface area (Å²) in [6.45, 7) is 9.05. The van der Waals surface area contributed by atoms with E-state index in [4.69, 9.17) is 5.26 Å². The van der Waals surface area contributed by atoms with Crippen LogP contribution in [0.15, 0.2) is 6.20 Å². The van der Waals surface area contributed by atoms with Crippen molar-refractivity contribution in [3.05, 3.63) is 29.1 Å². The van der Waals surface area contributed by atoms with Crippen LogP contribution in [-0.4, -0.2) is 21.0 Å². The molecule has 2 heterocycles. The normalized spacial score (nSPS) is 11.3. The van der Waals surface area contributed by atoms with Crippen molar-refractivity contribution >= 4 is 5.52 Å². The molecule has 0 atom stereocenters. The average Bonchev–Trinajstić information content (AvgIpc) is 2.78. The molecule has 0 radical (unpaired) electrons. The van der Waals surface area contributed by atoms with Gasteiger partial charge in [0.05, 0.1) is 11.9 Å². The Hall–Kier alpha value is -2.10. The number of unbranched alkanes of at least 4 members (excludes halogenated alkanes) is 1. The van der Waals surface area contributed by atoms with Crippen LogP contribution in [0.1, 0.15) is 64.0 Å². The summed E-state index contributed by atoms with van der Waals surface area (Å²) >= 11 is 0. The van der Waals surface area contributed by atoms with Crippen LogP contribution in [0.25, 0.3) is 5.52 Å². The number of rotatable bonds is 4. The minimum atomic E-state index is -2.56. The van der Waals surface area contributed by atoms with Crippen LogP contribution in [0.4, 0.5) is 13.2 Å². The third-order valence-corrected chi connectivity index (χ3v) is 3.66. The number of nitrogens with zero attached hydrogens (tertiary/aromatic N) is 4. The molecule has 24 heavy (non-hydrogen) atoms. The van der Waals surface area contributed by atoms with Crippen LogP contribution in [0.2, 0.25) is 0 Å². The highest BCUT2D eigenvalue weighted by molar-refractivity contribution is 5.58. The Kier molecular flexibility index (Phi) is 6.76. The lowest BCUT2D eigenvalue weighted by molar-refractivity contribution is 0.110. The average molecular weight is 340 g/mol. The van der Waals surface area contributed by atoms with Crippen molar-refractivity contribution in [1.82, 2.24) is 14.6 Å². The molecular weight excluding hydrogens is 317 g/mol. The van der Waals surface area contributed by atoms with Crippen molar-refractivity contribution in [3.63, 3.8) is 0 Å². The fraction of sp³-hybridized carbons (Fsp3) is 0.588. The second-order valence-corrected chi connectivity index (χ2v) is 6.23. The molecular formula is C17H23F3N4. The van der Waals surface area contributed by atoms with Crippen molar-refractivity contribution in [2.24, 2.45) is 0 Å². The van der Waals surface area contributed by atoms with Crippen LogP contribution >= 0.6 is 0 Å². The predicted octanol–water partition coefficient (Wildman–Crippen LogP) is 4.79. The Bertz CT molecular complexity index is 727. The van der Waals surface area contributed by atoms with E-state index in [1.165, 1.54) is 23.6 Å². The Morgan fingerprint density at radius 2 is 1.88 bits per heavy atom. The van der Waals surface area contributed by atoms with Crippen molar-refractivity contribution in [1.29, 1.82) is 5.26 Å². The first-order valence-corrected chi connectivity index (χ1v) is 7.92. The summed E-state index contributed by atoms with van der Waals surface area (Å²) in [6.07, 6.45) is 0.838. The Balaban J connectivity index is 0.000000648. The number of alkyl halides is 2. The summed E-state index contributed by atoms with van der Waals surface area (Å²) in [4.78, 5) is 3.87. The van der Waals surface area contributed by atoms with E-state index in [0.29, 0.717) is 5.82 Å². The van der Waals surface area contributed by atoms with E-state index in [2.05, 4.69) is 23.9 Å². The largest absolute Gasteiger partial charge is 0.239 e. The lowest BCUT2D eigenvalue weighted by atomic mass is 9.84. The van der Waals surface area contributed by atoms with E-state index in [-0.39, 0.29) is 16.8 Å². The van der Waals surface area contributed by atoms with E-state index < -0.39 is 24.1 Å². The Labute approximate surface area is 140 Å². The van der Waals surface area contributed by atoms with Gasteiger partial charge in [-0.1, -0.05) is 40.5 Å². The number of halogens is 3. The molecule has 2 rings (SSSR count). The first-order chi connectivity index (χ1) is 11.2. The van der Waals surface area contributed by atoms with Crippen molar-refractivity contribution in [2.45, 2.75) is 65.7 Å². The lowest BCUT2D eigenvalue weighted by Gasteiger charge is -2.24. The monoisotopic (exact) mass is 340 g/mol. The number of hydrogen-bond donors (Lipinski definition) is 0. The zero-order valence-corrected chi connectivity index (χ0v) is 14.7. The molecule has 0 N–H and O–H groups in total. The molecule has 0 saturated heterocycles. The van der Waals surface area contributed by atoms with Crippen LogP contribution in [-0.2, 0) is 5.41 Å². The SMILES string of the molecule is CCCC.Cc1ncc2c(F)c(C#N)c(C(C)(C)CC(F)F)n2n1. The van der Waals surface area contributed by atoms with E-state index >= 15 is 0 Å². The van der Waals surface area contributed by atoms with Gasteiger partial charge in [0, 0.05) is 11.8 Å². The molecule has 4 nitrogen and oxygen atoms in total. The number of aromatic nitrogens is 3. The summed E-state index contributed by atoms with van der Waals surface area (Å²) in [6, 6.07) is 1.74. The molecule has 2 aromatic heterocycles. The molecule has 0 unspecified atom stereocenters. The lowest BCUT2D eigenvalue weighted by Crippen LogP contribution is -2.25. The molecule has 0 aromatic carbocycles. The summed E-state index contributed by atoms with van der Waals surface area (Å²) in [5.41, 5.74) is -1.17. The molecule has 0 fully saturated rings. The number of aryl methyl sites for hydroxylation is 1. The highest BCUT2D eigenvalue weighted by Gasteiger charge is 2.34. The van der Waals surface area contributed by atoms with Gasteiger partial charge < -0.3 is 0 Å². The van der Waals surface area contributed by atoms with Crippen molar-refractivity contribution in [3.8, 4) is 6.07 Å². The molecule has 0 bridgehead atoms. The van der Waals surface area contributed by atoms with Gasteiger partial charge in [-0.25, -0.2) is 22.7 Å². The van der Waals surface area contributed by atoms with Crippen molar-refractivity contribution < 1.29 is 13.2 Å². The molecule has 2 aromatic rings. The minimum absolute atomic E-state index is 0.0180. The quantitative estimate of drug-likeness (QED) is 0.804. The molecule has 0 saturated carbocycles. The maximum Gasteiger partial charge on any atom is 0.239 e. The van der Waals surface area contributed by atoms with Gasteiger partial charge in [-0.3, -0.25) is 0 Å². The number of hydrogen-bond acceptors (Lipinski definition) is 3. The summed E-state index contributed by atoms with van der Waals surface area (Å²) in [5.74, 6) is -0.407. The summed E-state index contributed by atoms with van der Waals surface area (Å²) < 4.78 is 40.8. The molecule has 0 amide bonds. The highest BCUT2D eigenvalue weighted by Crippen LogP contribution is 2.35. The highest BCUT2D eigenvalue weighted by atomic mass is 19.3. The van der Waals surface area contributed by atoms with Gasteiger partial charge in [0.1, 0.15) is 23.0 Å². The zero-order chi connectivity index (χ0) is 18.5. The third-order valence-electron chi connectivity index (χ3n) is 3.66. The second kappa shape index (κ2) is 8.13. The standard InChI is InChI=1S/C13H13F3N4.C4H10/c1-7-18-6-9-11(16)8(5-17)12(20(9)19-7)13(2,3)4-10(14)15;1-3-4-2/h6,10H,4H2,1-3H3;3-4H2,1-2H3. The molecule has 0 aliphatic heterocycles. The summed E-state index contributed by atoms with van der Waals surface area (Å²) in [5, 5.41) is 13.2. The molecule has 7 heteroatoms. The van der Waals surface area contributed by atoms with Gasteiger partial charge in [0.25, 0.3) is 0 Å². The van der Waals surface area contributed by atoms with Gasteiger partial charge in [-0.2, -0.15) is 10.4 Å². The third kappa shape index (κ3) is 4.25. The van der Waals surface area contributed by atoms with Gasteiger partial charge >= 0.3 is 0 Å². The van der Waals surface area contributed by atoms with Crippen LogP contribution in [0.3, 0.4) is 0 Å². The predicted molar refractivity (Wildman–Crippen MR) is 86.6 cm³/mol. The molecule has 0 aliphatic rings. The topological polar surface area (TPSA) is 54.0 Å². The van der Waals surface area contributed by atoms with E-state index in [1.807, 2.05) is 0 Å². The van der Waals surface area contributed by atoms with Crippen LogP contribution < -0.4 is 0 Å². The van der Waals surface area contributed by atoms with E-state index in [9.17, 15) is 13.2 Å². The Morgan fingerprint density at radius 3 is 2.33 bits per heavy atom. The van der Waals surface area contributed by atoms with Crippen LogP contribution in [0.5, 0.6) is 0 Å². The summed E-state index contributed by atoms with van der Waals surface area (Å²) in [7, 11) is 0. The minimum Gasteiger partial charge on any atom is -0.237 e. The molecule has 132 valence electrons. The fourth-order valence-corrected chi connectivity index (χ4v) is 2.30. The maximum absolute atomic E-state index is 14.2. The van der Waals surface area contributed by atoms with Gasteiger partial charge in [-0.15, -0.1) is 0 Å². The van der Waals surface area contributed by atoms with Gasteiger partial charge in [-0.05, 0) is 6.92 Å². The van der Waals surface area contributed by atoms with E-state index in [0.717, 1.165) is 0 Å². The number of fused-ring (bicyclic) bond motifs is 1. The number of nitriles is 1. The van der Waals surface area contributed by atoms with Gasteiger partial charge in [0.15, 0.2) is 5.82 Å². The zero-order valence-electron chi connectivity index (χ0n) is 14.7. The first-order valence-electron chi connectivity index (χ1n) is 7.92. The molecule has 0 spiro atoms.